The molecule has 4 saturated carbocycles. The molecule has 0 aromatic carbocycles. The molecular formula is C24H35NO3. The molecule has 0 amide bonds. The summed E-state index contributed by atoms with van der Waals surface area (Å²) in [5, 5.41) is 0. The Kier molecular flexibility index (Phi) is 3.61. The molecule has 4 bridgehead atoms. The quantitative estimate of drug-likeness (QED) is 0.502. The lowest BCUT2D eigenvalue weighted by Crippen LogP contribution is -2.71. The van der Waals surface area contributed by atoms with Gasteiger partial charge in [0.1, 0.15) is 12.3 Å². The van der Waals surface area contributed by atoms with E-state index in [1.165, 1.54) is 63.5 Å². The third kappa shape index (κ3) is 1.97. The van der Waals surface area contributed by atoms with Gasteiger partial charge < -0.3 is 9.47 Å². The molecule has 0 unspecified atom stereocenters. The largest absolute Gasteiger partial charge is 0.457 e. The molecule has 8 atom stereocenters. The number of carbonyl (C=O) groups excluding carboxylic acids is 1. The molecule has 6 rings (SSSR count). The van der Waals surface area contributed by atoms with Crippen molar-refractivity contribution in [3.05, 3.63) is 12.2 Å². The molecule has 2 aliphatic heterocycles. The van der Waals surface area contributed by atoms with Gasteiger partial charge in [-0.3, -0.25) is 9.69 Å². The lowest BCUT2D eigenvalue weighted by Gasteiger charge is -2.70. The van der Waals surface area contributed by atoms with Crippen LogP contribution in [0.25, 0.3) is 0 Å². The van der Waals surface area contributed by atoms with Crippen molar-refractivity contribution in [2.24, 2.45) is 34.0 Å². The second kappa shape index (κ2) is 5.63. The molecule has 6 fully saturated rings. The predicted octanol–water partition coefficient (Wildman–Crippen LogP) is 4.15. The fourth-order valence-corrected chi connectivity index (χ4v) is 9.64. The first kappa shape index (κ1) is 17.9. The number of hydrogen-bond acceptors (Lipinski definition) is 4. The van der Waals surface area contributed by atoms with E-state index < -0.39 is 0 Å². The van der Waals surface area contributed by atoms with Crippen LogP contribution in [0.2, 0.25) is 0 Å². The number of esters is 1. The Labute approximate surface area is 169 Å². The first-order chi connectivity index (χ1) is 13.4. The summed E-state index contributed by atoms with van der Waals surface area (Å²) in [6, 6.07) is 0. The Hall–Kier alpha value is -0.870. The topological polar surface area (TPSA) is 38.8 Å². The SMILES string of the molecule is C=C1[C@@H]2CC[C@H]3[C@@](CC[C@@H]4[C@]5(C)CCC[C@]43[C@H]3OCCN3C5)(C2)[C@@H]1OC(C)=O. The van der Waals surface area contributed by atoms with Crippen LogP contribution in [0.15, 0.2) is 12.2 Å². The number of hydrogen-bond donors (Lipinski definition) is 0. The lowest BCUT2D eigenvalue weighted by atomic mass is 9.38. The van der Waals surface area contributed by atoms with E-state index in [1.807, 2.05) is 0 Å². The molecular weight excluding hydrogens is 350 g/mol. The molecule has 1 spiro atoms. The van der Waals surface area contributed by atoms with Gasteiger partial charge >= 0.3 is 5.97 Å². The van der Waals surface area contributed by atoms with Crippen LogP contribution >= 0.6 is 0 Å². The first-order valence-electron chi connectivity index (χ1n) is 11.6. The molecule has 0 aromatic rings. The Bertz CT molecular complexity index is 735. The number of fused-ring (bicyclic) bond motifs is 2. The van der Waals surface area contributed by atoms with E-state index in [0.29, 0.717) is 17.3 Å². The van der Waals surface area contributed by atoms with Crippen molar-refractivity contribution in [3.63, 3.8) is 0 Å². The highest BCUT2D eigenvalue weighted by Crippen LogP contribution is 2.75. The molecule has 2 heterocycles. The zero-order valence-electron chi connectivity index (χ0n) is 17.5. The Balaban J connectivity index is 1.50. The van der Waals surface area contributed by atoms with Crippen molar-refractivity contribution in [2.75, 3.05) is 19.7 Å². The molecule has 2 saturated heterocycles. The van der Waals surface area contributed by atoms with E-state index in [-0.39, 0.29) is 29.1 Å². The standard InChI is InChI=1S/C24H35NO3/c1-15-17-5-6-19-23(13-17,20(15)28-16(2)26)10-7-18-22(3)8-4-9-24(18,19)21-25(14-22)11-12-27-21/h17-21H,1,4-14H2,2-3H3/t17-,18-,19+,20-,21-,22-,23-,24+/m1/s1. The second-order valence-corrected chi connectivity index (χ2v) is 11.2. The summed E-state index contributed by atoms with van der Waals surface area (Å²) in [5.74, 6) is 1.77. The molecule has 0 aromatic heterocycles. The minimum absolute atomic E-state index is 0.0669. The van der Waals surface area contributed by atoms with Crippen LogP contribution < -0.4 is 0 Å². The van der Waals surface area contributed by atoms with Crippen LogP contribution in [-0.4, -0.2) is 42.9 Å². The van der Waals surface area contributed by atoms with Gasteiger partial charge in [-0.15, -0.1) is 0 Å². The number of piperidine rings is 1. The van der Waals surface area contributed by atoms with E-state index in [1.54, 1.807) is 6.92 Å². The van der Waals surface area contributed by atoms with Crippen molar-refractivity contribution in [1.29, 1.82) is 0 Å². The first-order valence-corrected chi connectivity index (χ1v) is 11.6. The Morgan fingerprint density at radius 3 is 2.89 bits per heavy atom. The van der Waals surface area contributed by atoms with E-state index in [0.717, 1.165) is 19.1 Å². The molecule has 4 nitrogen and oxygen atoms in total. The average molecular weight is 386 g/mol. The summed E-state index contributed by atoms with van der Waals surface area (Å²) in [6.07, 6.45) is 10.4. The van der Waals surface area contributed by atoms with Crippen molar-refractivity contribution < 1.29 is 14.3 Å². The normalized spacial score (nSPS) is 54.6. The van der Waals surface area contributed by atoms with Gasteiger partial charge in [0.05, 0.1) is 6.61 Å². The van der Waals surface area contributed by atoms with Gasteiger partial charge in [0.2, 0.25) is 0 Å². The van der Waals surface area contributed by atoms with Gasteiger partial charge in [0.15, 0.2) is 0 Å². The van der Waals surface area contributed by atoms with Gasteiger partial charge in [-0.25, -0.2) is 0 Å². The maximum atomic E-state index is 12.0. The van der Waals surface area contributed by atoms with E-state index in [9.17, 15) is 4.79 Å². The predicted molar refractivity (Wildman–Crippen MR) is 106 cm³/mol. The Morgan fingerprint density at radius 1 is 1.21 bits per heavy atom. The molecule has 4 aliphatic carbocycles. The van der Waals surface area contributed by atoms with Gasteiger partial charge in [-0.2, -0.15) is 0 Å². The van der Waals surface area contributed by atoms with Crippen LogP contribution in [0.5, 0.6) is 0 Å². The summed E-state index contributed by atoms with van der Waals surface area (Å²) < 4.78 is 12.6. The Morgan fingerprint density at radius 2 is 2.07 bits per heavy atom. The second-order valence-electron chi connectivity index (χ2n) is 11.2. The average Bonchev–Trinajstić information content (AvgIpc) is 3.18. The minimum atomic E-state index is -0.137. The number of carbonyl (C=O) groups is 1. The smallest absolute Gasteiger partial charge is 0.303 e. The van der Waals surface area contributed by atoms with Crippen LogP contribution in [0, 0.1) is 34.0 Å². The summed E-state index contributed by atoms with van der Waals surface area (Å²) >= 11 is 0. The molecule has 0 radical (unpaired) electrons. The van der Waals surface area contributed by atoms with Crippen LogP contribution in [0.4, 0.5) is 0 Å². The fourth-order valence-electron chi connectivity index (χ4n) is 9.64. The van der Waals surface area contributed by atoms with Crippen LogP contribution in [0.1, 0.15) is 65.2 Å². The van der Waals surface area contributed by atoms with Crippen molar-refractivity contribution in [2.45, 2.75) is 77.5 Å². The zero-order chi connectivity index (χ0) is 19.3. The highest BCUT2D eigenvalue weighted by atomic mass is 16.5. The monoisotopic (exact) mass is 385 g/mol. The third-order valence-electron chi connectivity index (χ3n) is 10.2. The van der Waals surface area contributed by atoms with Crippen LogP contribution in [-0.2, 0) is 14.3 Å². The molecule has 28 heavy (non-hydrogen) atoms. The van der Waals surface area contributed by atoms with E-state index in [2.05, 4.69) is 18.4 Å². The van der Waals surface area contributed by atoms with Crippen molar-refractivity contribution >= 4 is 5.97 Å². The van der Waals surface area contributed by atoms with Gasteiger partial charge in [-0.05, 0) is 73.7 Å². The molecule has 4 heteroatoms. The number of ether oxygens (including phenoxy) is 2. The van der Waals surface area contributed by atoms with E-state index >= 15 is 0 Å². The van der Waals surface area contributed by atoms with Gasteiger partial charge in [0, 0.05) is 30.8 Å². The number of nitrogens with zero attached hydrogens (tertiary/aromatic N) is 1. The zero-order valence-corrected chi connectivity index (χ0v) is 17.5. The third-order valence-corrected chi connectivity index (χ3v) is 10.2. The summed E-state index contributed by atoms with van der Waals surface area (Å²) in [6.45, 7) is 11.8. The van der Waals surface area contributed by atoms with Crippen molar-refractivity contribution in [1.82, 2.24) is 4.90 Å². The molecule has 154 valence electrons. The van der Waals surface area contributed by atoms with Crippen LogP contribution in [0.3, 0.4) is 0 Å². The highest BCUT2D eigenvalue weighted by Gasteiger charge is 2.73. The fraction of sp³-hybridized carbons (Fsp3) is 0.875. The van der Waals surface area contributed by atoms with Gasteiger partial charge in [0.25, 0.3) is 0 Å². The molecule has 6 aliphatic rings. The lowest BCUT2D eigenvalue weighted by molar-refractivity contribution is -0.277. The van der Waals surface area contributed by atoms with E-state index in [4.69, 9.17) is 9.47 Å². The molecule has 0 N–H and O–H groups in total. The maximum absolute atomic E-state index is 12.0. The summed E-state index contributed by atoms with van der Waals surface area (Å²) in [5.41, 5.74) is 1.99. The summed E-state index contributed by atoms with van der Waals surface area (Å²) in [4.78, 5) is 14.7. The maximum Gasteiger partial charge on any atom is 0.303 e. The highest BCUT2D eigenvalue weighted by molar-refractivity contribution is 5.67. The van der Waals surface area contributed by atoms with Crippen molar-refractivity contribution in [3.8, 4) is 0 Å². The number of rotatable bonds is 1. The van der Waals surface area contributed by atoms with Gasteiger partial charge in [-0.1, -0.05) is 19.9 Å². The summed E-state index contributed by atoms with van der Waals surface area (Å²) in [7, 11) is 0. The minimum Gasteiger partial charge on any atom is -0.457 e.